The van der Waals surface area contributed by atoms with Crippen LogP contribution in [-0.4, -0.2) is 29.5 Å². The Bertz CT molecular complexity index is 869. The van der Waals surface area contributed by atoms with Crippen molar-refractivity contribution in [2.75, 3.05) is 13.1 Å². The number of nitrogens with zero attached hydrogens (tertiary/aromatic N) is 1. The molecule has 0 aliphatic heterocycles. The van der Waals surface area contributed by atoms with Crippen molar-refractivity contribution in [3.05, 3.63) is 71.9 Å². The molecule has 0 unspecified atom stereocenters. The van der Waals surface area contributed by atoms with Crippen LogP contribution in [0.5, 0.6) is 0 Å². The van der Waals surface area contributed by atoms with Gasteiger partial charge in [0.05, 0.1) is 0 Å². The number of rotatable bonds is 5. The predicted molar refractivity (Wildman–Crippen MR) is 94.0 cm³/mol. The SMILES string of the molecule is Cn1c(C(=O)NCCNC(=O)c2ccccc2)cc2ccccc21. The molecule has 0 aliphatic carbocycles. The minimum Gasteiger partial charge on any atom is -0.350 e. The minimum absolute atomic E-state index is 0.144. The molecule has 0 atom stereocenters. The summed E-state index contributed by atoms with van der Waals surface area (Å²) < 4.78 is 1.87. The van der Waals surface area contributed by atoms with E-state index in [9.17, 15) is 9.59 Å². The molecule has 5 nitrogen and oxygen atoms in total. The first-order valence-corrected chi connectivity index (χ1v) is 7.83. The summed E-state index contributed by atoms with van der Waals surface area (Å²) >= 11 is 0. The van der Waals surface area contributed by atoms with Crippen LogP contribution >= 0.6 is 0 Å². The standard InChI is InChI=1S/C19H19N3O2/c1-22-16-10-6-5-9-15(16)13-17(22)19(24)21-12-11-20-18(23)14-7-3-2-4-8-14/h2-10,13H,11-12H2,1H3,(H,20,23)(H,21,24). The number of aromatic nitrogens is 1. The van der Waals surface area contributed by atoms with Gasteiger partial charge in [0, 0.05) is 36.6 Å². The number of hydrogen-bond acceptors (Lipinski definition) is 2. The van der Waals surface area contributed by atoms with Crippen molar-refractivity contribution in [2.45, 2.75) is 0 Å². The molecule has 2 aromatic carbocycles. The van der Waals surface area contributed by atoms with E-state index in [0.29, 0.717) is 24.3 Å². The zero-order valence-electron chi connectivity index (χ0n) is 13.5. The van der Waals surface area contributed by atoms with Gasteiger partial charge in [-0.1, -0.05) is 36.4 Å². The van der Waals surface area contributed by atoms with Gasteiger partial charge >= 0.3 is 0 Å². The maximum Gasteiger partial charge on any atom is 0.267 e. The minimum atomic E-state index is -0.150. The Balaban J connectivity index is 1.54. The van der Waals surface area contributed by atoms with Crippen molar-refractivity contribution < 1.29 is 9.59 Å². The van der Waals surface area contributed by atoms with E-state index in [1.807, 2.05) is 60.1 Å². The van der Waals surface area contributed by atoms with Crippen molar-refractivity contribution >= 4 is 22.7 Å². The lowest BCUT2D eigenvalue weighted by molar-refractivity contribution is 0.0923. The van der Waals surface area contributed by atoms with Crippen LogP contribution in [0.4, 0.5) is 0 Å². The second kappa shape index (κ2) is 7.00. The third-order valence-electron chi connectivity index (χ3n) is 3.92. The van der Waals surface area contributed by atoms with E-state index in [1.54, 1.807) is 12.1 Å². The number of hydrogen-bond donors (Lipinski definition) is 2. The van der Waals surface area contributed by atoms with Crippen LogP contribution < -0.4 is 10.6 Å². The van der Waals surface area contributed by atoms with Gasteiger partial charge in [-0.3, -0.25) is 9.59 Å². The van der Waals surface area contributed by atoms with Gasteiger partial charge in [-0.2, -0.15) is 0 Å². The Kier molecular flexibility index (Phi) is 4.61. The molecule has 5 heteroatoms. The Hall–Kier alpha value is -3.08. The van der Waals surface area contributed by atoms with Gasteiger partial charge in [0.1, 0.15) is 5.69 Å². The van der Waals surface area contributed by atoms with Gasteiger partial charge in [-0.15, -0.1) is 0 Å². The summed E-state index contributed by atoms with van der Waals surface area (Å²) in [5, 5.41) is 6.65. The highest BCUT2D eigenvalue weighted by Crippen LogP contribution is 2.17. The van der Waals surface area contributed by atoms with E-state index in [2.05, 4.69) is 10.6 Å². The third kappa shape index (κ3) is 3.30. The zero-order valence-corrected chi connectivity index (χ0v) is 13.5. The van der Waals surface area contributed by atoms with Gasteiger partial charge in [-0.05, 0) is 24.3 Å². The average molecular weight is 321 g/mol. The Morgan fingerprint density at radius 3 is 2.21 bits per heavy atom. The molecule has 0 radical (unpaired) electrons. The summed E-state index contributed by atoms with van der Waals surface area (Å²) in [7, 11) is 1.87. The summed E-state index contributed by atoms with van der Waals surface area (Å²) in [4.78, 5) is 24.2. The van der Waals surface area contributed by atoms with Crippen LogP contribution in [0.15, 0.2) is 60.7 Å². The number of para-hydroxylation sites is 1. The highest BCUT2D eigenvalue weighted by molar-refractivity contribution is 5.98. The highest BCUT2D eigenvalue weighted by Gasteiger charge is 2.12. The van der Waals surface area contributed by atoms with E-state index in [1.165, 1.54) is 0 Å². The second-order valence-electron chi connectivity index (χ2n) is 5.53. The van der Waals surface area contributed by atoms with Crippen molar-refractivity contribution in [1.82, 2.24) is 15.2 Å². The molecule has 1 heterocycles. The lowest BCUT2D eigenvalue weighted by Gasteiger charge is -2.08. The van der Waals surface area contributed by atoms with Gasteiger partial charge in [-0.25, -0.2) is 0 Å². The topological polar surface area (TPSA) is 63.1 Å². The van der Waals surface area contributed by atoms with Crippen molar-refractivity contribution in [2.24, 2.45) is 7.05 Å². The van der Waals surface area contributed by atoms with E-state index in [0.717, 1.165) is 10.9 Å². The monoisotopic (exact) mass is 321 g/mol. The predicted octanol–water partition coefficient (Wildman–Crippen LogP) is 2.34. The van der Waals surface area contributed by atoms with E-state index >= 15 is 0 Å². The van der Waals surface area contributed by atoms with Crippen LogP contribution in [0.2, 0.25) is 0 Å². The lowest BCUT2D eigenvalue weighted by atomic mass is 10.2. The van der Waals surface area contributed by atoms with Gasteiger partial charge in [0.15, 0.2) is 0 Å². The summed E-state index contributed by atoms with van der Waals surface area (Å²) in [6.07, 6.45) is 0. The van der Waals surface area contributed by atoms with Crippen LogP contribution in [0.3, 0.4) is 0 Å². The summed E-state index contributed by atoms with van der Waals surface area (Å²) in [5.74, 6) is -0.294. The number of fused-ring (bicyclic) bond motifs is 1. The van der Waals surface area contributed by atoms with Gasteiger partial charge < -0.3 is 15.2 Å². The van der Waals surface area contributed by atoms with Gasteiger partial charge in [0.2, 0.25) is 0 Å². The molecule has 1 aromatic heterocycles. The fourth-order valence-corrected chi connectivity index (χ4v) is 2.64. The van der Waals surface area contributed by atoms with E-state index in [4.69, 9.17) is 0 Å². The summed E-state index contributed by atoms with van der Waals surface area (Å²) in [6.45, 7) is 0.752. The second-order valence-corrected chi connectivity index (χ2v) is 5.53. The number of carbonyl (C=O) groups is 2. The van der Waals surface area contributed by atoms with Crippen molar-refractivity contribution in [3.8, 4) is 0 Å². The van der Waals surface area contributed by atoms with Crippen LogP contribution in [-0.2, 0) is 7.05 Å². The molecular formula is C19H19N3O2. The van der Waals surface area contributed by atoms with E-state index in [-0.39, 0.29) is 11.8 Å². The number of aryl methyl sites for hydroxylation is 1. The average Bonchev–Trinajstić information content (AvgIpc) is 2.96. The fraction of sp³-hybridized carbons (Fsp3) is 0.158. The molecule has 2 N–H and O–H groups in total. The van der Waals surface area contributed by atoms with Crippen LogP contribution in [0.1, 0.15) is 20.8 Å². The number of nitrogens with one attached hydrogen (secondary N) is 2. The van der Waals surface area contributed by atoms with E-state index < -0.39 is 0 Å². The molecule has 0 spiro atoms. The Morgan fingerprint density at radius 1 is 0.875 bits per heavy atom. The molecular weight excluding hydrogens is 302 g/mol. The number of benzene rings is 2. The van der Waals surface area contributed by atoms with Crippen molar-refractivity contribution in [1.29, 1.82) is 0 Å². The zero-order chi connectivity index (χ0) is 16.9. The summed E-state index contributed by atoms with van der Waals surface area (Å²) in [5.41, 5.74) is 2.23. The smallest absolute Gasteiger partial charge is 0.267 e. The maximum absolute atomic E-state index is 12.3. The molecule has 0 fully saturated rings. The third-order valence-corrected chi connectivity index (χ3v) is 3.92. The largest absolute Gasteiger partial charge is 0.350 e. The number of carbonyl (C=O) groups excluding carboxylic acids is 2. The highest BCUT2D eigenvalue weighted by atomic mass is 16.2. The Morgan fingerprint density at radius 2 is 1.50 bits per heavy atom. The molecule has 0 aliphatic rings. The normalized spacial score (nSPS) is 10.5. The first kappa shape index (κ1) is 15.8. The first-order chi connectivity index (χ1) is 11.7. The maximum atomic E-state index is 12.3. The molecule has 2 amide bonds. The molecule has 0 bridgehead atoms. The molecule has 3 rings (SSSR count). The molecule has 122 valence electrons. The fourth-order valence-electron chi connectivity index (χ4n) is 2.64. The lowest BCUT2D eigenvalue weighted by Crippen LogP contribution is -2.35. The molecule has 0 saturated heterocycles. The Labute approximate surface area is 140 Å². The summed E-state index contributed by atoms with van der Waals surface area (Å²) in [6, 6.07) is 18.7. The van der Waals surface area contributed by atoms with Gasteiger partial charge in [0.25, 0.3) is 11.8 Å². The van der Waals surface area contributed by atoms with Crippen molar-refractivity contribution in [3.63, 3.8) is 0 Å². The quantitative estimate of drug-likeness (QED) is 0.709. The first-order valence-electron chi connectivity index (χ1n) is 7.83. The molecule has 24 heavy (non-hydrogen) atoms. The molecule has 3 aromatic rings. The number of amides is 2. The van der Waals surface area contributed by atoms with Crippen LogP contribution in [0.25, 0.3) is 10.9 Å². The molecule has 0 saturated carbocycles. The van der Waals surface area contributed by atoms with Crippen LogP contribution in [0, 0.1) is 0 Å².